The lowest BCUT2D eigenvalue weighted by atomic mass is 10.3. The zero-order valence-corrected chi connectivity index (χ0v) is 9.67. The molecule has 17 heavy (non-hydrogen) atoms. The molecule has 5 heteroatoms. The molecule has 0 aliphatic rings. The highest BCUT2D eigenvalue weighted by molar-refractivity contribution is 7.99. The quantitative estimate of drug-likeness (QED) is 0.647. The van der Waals surface area contributed by atoms with Crippen LogP contribution in [0.4, 0.5) is 4.39 Å². The Morgan fingerprint density at radius 1 is 1.29 bits per heavy atom. The summed E-state index contributed by atoms with van der Waals surface area (Å²) in [6.07, 6.45) is 1.53. The van der Waals surface area contributed by atoms with Crippen LogP contribution in [0.2, 0.25) is 0 Å². The molecule has 1 aromatic carbocycles. The fraction of sp³-hybridized carbons (Fsp3) is 0. The number of pyridine rings is 1. The van der Waals surface area contributed by atoms with E-state index in [1.807, 2.05) is 6.07 Å². The van der Waals surface area contributed by atoms with Crippen molar-refractivity contribution < 1.29 is 4.39 Å². The monoisotopic (exact) mass is 247 g/mol. The maximum Gasteiger partial charge on any atom is 0.124 e. The topological polar surface area (TPSA) is 62.8 Å². The fourth-order valence-electron chi connectivity index (χ4n) is 1.25. The Morgan fingerprint density at radius 3 is 2.71 bits per heavy atom. The van der Waals surface area contributed by atoms with Gasteiger partial charge in [0.05, 0.1) is 0 Å². The van der Waals surface area contributed by atoms with E-state index >= 15 is 0 Å². The highest BCUT2D eigenvalue weighted by Gasteiger charge is 2.01. The fourth-order valence-corrected chi connectivity index (χ4v) is 2.05. The molecule has 3 N–H and O–H groups in total. The molecular formula is C12H10FN3S. The predicted molar refractivity (Wildman–Crippen MR) is 65.8 cm³/mol. The van der Waals surface area contributed by atoms with Crippen LogP contribution in [0.5, 0.6) is 0 Å². The Labute approximate surface area is 102 Å². The lowest BCUT2D eigenvalue weighted by Crippen LogP contribution is -2.10. The van der Waals surface area contributed by atoms with E-state index in [1.165, 1.54) is 30.1 Å². The van der Waals surface area contributed by atoms with Crippen LogP contribution in [0.25, 0.3) is 0 Å². The van der Waals surface area contributed by atoms with Crippen LogP contribution in [0, 0.1) is 11.2 Å². The number of benzene rings is 1. The van der Waals surface area contributed by atoms with Gasteiger partial charge in [-0.25, -0.2) is 9.37 Å². The molecule has 0 aliphatic heterocycles. The second kappa shape index (κ2) is 4.97. The van der Waals surface area contributed by atoms with E-state index in [4.69, 9.17) is 11.1 Å². The molecule has 2 rings (SSSR count). The third-order valence-corrected chi connectivity index (χ3v) is 3.01. The van der Waals surface area contributed by atoms with Crippen LogP contribution in [0.1, 0.15) is 5.56 Å². The second-order valence-electron chi connectivity index (χ2n) is 3.36. The first-order valence-electron chi connectivity index (χ1n) is 4.89. The van der Waals surface area contributed by atoms with Gasteiger partial charge in [0, 0.05) is 16.7 Å². The van der Waals surface area contributed by atoms with Crippen molar-refractivity contribution in [1.82, 2.24) is 4.98 Å². The van der Waals surface area contributed by atoms with Crippen LogP contribution >= 0.6 is 11.8 Å². The molecule has 0 atom stereocenters. The van der Waals surface area contributed by atoms with Crippen molar-refractivity contribution in [3.63, 3.8) is 0 Å². The molecule has 0 saturated heterocycles. The number of amidine groups is 1. The van der Waals surface area contributed by atoms with Gasteiger partial charge in [0.2, 0.25) is 0 Å². The average Bonchev–Trinajstić information content (AvgIpc) is 2.29. The molecule has 3 nitrogen and oxygen atoms in total. The van der Waals surface area contributed by atoms with Crippen molar-refractivity contribution in [2.45, 2.75) is 9.92 Å². The van der Waals surface area contributed by atoms with Crippen molar-refractivity contribution in [3.05, 3.63) is 54.0 Å². The van der Waals surface area contributed by atoms with Gasteiger partial charge in [-0.3, -0.25) is 5.41 Å². The standard InChI is InChI=1S/C12H10FN3S/c13-9-2-1-3-10(6-9)17-11-5-4-8(7-16-11)12(14)15/h1-7H,(H3,14,15). The first-order valence-corrected chi connectivity index (χ1v) is 5.70. The number of nitrogens with two attached hydrogens (primary N) is 1. The Kier molecular flexibility index (Phi) is 3.39. The minimum atomic E-state index is -0.268. The second-order valence-corrected chi connectivity index (χ2v) is 4.45. The van der Waals surface area contributed by atoms with Gasteiger partial charge < -0.3 is 5.73 Å². The summed E-state index contributed by atoms with van der Waals surface area (Å²) in [4.78, 5) is 4.93. The zero-order chi connectivity index (χ0) is 12.3. The lowest BCUT2D eigenvalue weighted by Gasteiger charge is -2.02. The summed E-state index contributed by atoms with van der Waals surface area (Å²) < 4.78 is 13.0. The summed E-state index contributed by atoms with van der Waals surface area (Å²) in [5.74, 6) is -0.282. The van der Waals surface area contributed by atoms with Gasteiger partial charge in [-0.2, -0.15) is 0 Å². The SMILES string of the molecule is N=C(N)c1ccc(Sc2cccc(F)c2)nc1. The molecule has 0 amide bonds. The summed E-state index contributed by atoms with van der Waals surface area (Å²) in [7, 11) is 0. The molecule has 0 saturated carbocycles. The number of nitrogens with zero attached hydrogens (tertiary/aromatic N) is 1. The molecule has 0 aliphatic carbocycles. The molecule has 86 valence electrons. The summed E-state index contributed by atoms with van der Waals surface area (Å²) in [6.45, 7) is 0. The summed E-state index contributed by atoms with van der Waals surface area (Å²) >= 11 is 1.36. The Hall–Kier alpha value is -1.88. The smallest absolute Gasteiger partial charge is 0.124 e. The van der Waals surface area contributed by atoms with Crippen molar-refractivity contribution in [1.29, 1.82) is 5.41 Å². The maximum absolute atomic E-state index is 13.0. The minimum absolute atomic E-state index is 0.0141. The van der Waals surface area contributed by atoms with E-state index in [1.54, 1.807) is 18.2 Å². The summed E-state index contributed by atoms with van der Waals surface area (Å²) in [6, 6.07) is 9.79. The van der Waals surface area contributed by atoms with Crippen molar-refractivity contribution in [3.8, 4) is 0 Å². The summed E-state index contributed by atoms with van der Waals surface area (Å²) in [5, 5.41) is 7.97. The highest BCUT2D eigenvalue weighted by atomic mass is 32.2. The molecule has 0 fully saturated rings. The van der Waals surface area contributed by atoms with Crippen LogP contribution in [0.15, 0.2) is 52.5 Å². The van der Waals surface area contributed by atoms with Crippen molar-refractivity contribution in [2.24, 2.45) is 5.73 Å². The largest absolute Gasteiger partial charge is 0.384 e. The minimum Gasteiger partial charge on any atom is -0.384 e. The first kappa shape index (κ1) is 11.6. The molecule has 0 unspecified atom stereocenters. The van der Waals surface area contributed by atoms with Crippen molar-refractivity contribution >= 4 is 17.6 Å². The van der Waals surface area contributed by atoms with Gasteiger partial charge in [0.15, 0.2) is 0 Å². The molecule has 0 bridgehead atoms. The van der Waals surface area contributed by atoms with Crippen molar-refractivity contribution in [2.75, 3.05) is 0 Å². The maximum atomic E-state index is 13.0. The van der Waals surface area contributed by atoms with E-state index < -0.39 is 0 Å². The van der Waals surface area contributed by atoms with Gasteiger partial charge in [0.1, 0.15) is 16.7 Å². The summed E-state index contributed by atoms with van der Waals surface area (Å²) in [5.41, 5.74) is 5.90. The Morgan fingerprint density at radius 2 is 2.12 bits per heavy atom. The molecule has 2 aromatic rings. The number of nitrogen functional groups attached to an aromatic ring is 1. The van der Waals surface area contributed by atoms with Gasteiger partial charge in [0.25, 0.3) is 0 Å². The molecule has 0 spiro atoms. The molecular weight excluding hydrogens is 237 g/mol. The van der Waals surface area contributed by atoms with E-state index in [0.717, 1.165) is 9.92 Å². The van der Waals surface area contributed by atoms with Crippen LogP contribution in [0.3, 0.4) is 0 Å². The number of nitrogens with one attached hydrogen (secondary N) is 1. The van der Waals surface area contributed by atoms with Gasteiger partial charge in [-0.05, 0) is 30.3 Å². The average molecular weight is 247 g/mol. The Balaban J connectivity index is 2.16. The molecule has 1 aromatic heterocycles. The van der Waals surface area contributed by atoms with Gasteiger partial charge in [-0.15, -0.1) is 0 Å². The van der Waals surface area contributed by atoms with Gasteiger partial charge in [-0.1, -0.05) is 17.8 Å². The van der Waals surface area contributed by atoms with E-state index in [-0.39, 0.29) is 11.7 Å². The van der Waals surface area contributed by atoms with Crippen LogP contribution < -0.4 is 5.73 Å². The zero-order valence-electron chi connectivity index (χ0n) is 8.85. The van der Waals surface area contributed by atoms with E-state index in [2.05, 4.69) is 4.98 Å². The molecule has 0 radical (unpaired) electrons. The number of aromatic nitrogens is 1. The number of hydrogen-bond acceptors (Lipinski definition) is 3. The number of hydrogen-bond donors (Lipinski definition) is 2. The van der Waals surface area contributed by atoms with E-state index in [9.17, 15) is 4.39 Å². The Bertz CT molecular complexity index is 540. The third-order valence-electron chi connectivity index (χ3n) is 2.07. The third kappa shape index (κ3) is 3.04. The lowest BCUT2D eigenvalue weighted by molar-refractivity contribution is 0.624. The number of halogens is 1. The van der Waals surface area contributed by atoms with Crippen LogP contribution in [-0.4, -0.2) is 10.8 Å². The number of rotatable bonds is 3. The molecule has 1 heterocycles. The van der Waals surface area contributed by atoms with Crippen LogP contribution in [-0.2, 0) is 0 Å². The van der Waals surface area contributed by atoms with Gasteiger partial charge >= 0.3 is 0 Å². The highest BCUT2D eigenvalue weighted by Crippen LogP contribution is 2.26. The normalized spacial score (nSPS) is 10.2. The predicted octanol–water partition coefficient (Wildman–Crippen LogP) is 2.66. The van der Waals surface area contributed by atoms with E-state index in [0.29, 0.717) is 5.56 Å². The first-order chi connectivity index (χ1) is 8.15.